The monoisotopic (exact) mass is 376 g/mol. The molecule has 1 unspecified atom stereocenters. The zero-order valence-electron chi connectivity index (χ0n) is 16.7. The number of carbonyl (C=O) groups is 2. The number of Topliss-reactive ketones (excluding diaryl/α,β-unsaturated/α-hetero) is 1. The van der Waals surface area contributed by atoms with Gasteiger partial charge in [0.25, 0.3) is 5.91 Å². The normalized spacial score (nSPS) is 17.1. The lowest BCUT2D eigenvalue weighted by molar-refractivity contribution is -0.139. The van der Waals surface area contributed by atoms with Gasteiger partial charge in [0.05, 0.1) is 13.2 Å². The summed E-state index contributed by atoms with van der Waals surface area (Å²) in [6, 6.07) is 7.53. The number of methoxy groups -OCH3 is 1. The highest BCUT2D eigenvalue weighted by molar-refractivity contribution is 6.38. The summed E-state index contributed by atoms with van der Waals surface area (Å²) in [5, 5.41) is 6.01. The number of nitrogens with one attached hydrogen (secondary N) is 2. The van der Waals surface area contributed by atoms with E-state index in [0.717, 1.165) is 30.6 Å². The summed E-state index contributed by atoms with van der Waals surface area (Å²) >= 11 is 0. The Morgan fingerprint density at radius 1 is 1.19 bits per heavy atom. The third-order valence-electron chi connectivity index (χ3n) is 5.31. The maximum Gasteiger partial charge on any atom is 0.289 e. The van der Waals surface area contributed by atoms with Crippen molar-refractivity contribution in [2.45, 2.75) is 51.0 Å². The SMILES string of the molecule is CCCC(NCC)C(=O)C(=O)NCC1(c2ccc(OC)cc2)CCOCC1. The molecule has 6 heteroatoms. The predicted octanol–water partition coefficient (Wildman–Crippen LogP) is 2.21. The zero-order valence-corrected chi connectivity index (χ0v) is 16.7. The summed E-state index contributed by atoms with van der Waals surface area (Å²) in [7, 11) is 1.64. The average Bonchev–Trinajstić information content (AvgIpc) is 2.72. The second-order valence-electron chi connectivity index (χ2n) is 7.07. The van der Waals surface area contributed by atoms with Gasteiger partial charge >= 0.3 is 0 Å². The van der Waals surface area contributed by atoms with Gasteiger partial charge in [0.15, 0.2) is 0 Å². The van der Waals surface area contributed by atoms with Crippen LogP contribution in [0.2, 0.25) is 0 Å². The van der Waals surface area contributed by atoms with Crippen molar-refractivity contribution in [3.63, 3.8) is 0 Å². The molecule has 1 atom stereocenters. The molecule has 150 valence electrons. The first kappa shape index (κ1) is 21.4. The topological polar surface area (TPSA) is 76.7 Å². The fraction of sp³-hybridized carbons (Fsp3) is 0.619. The average molecular weight is 376 g/mol. The van der Waals surface area contributed by atoms with Crippen molar-refractivity contribution in [1.29, 1.82) is 0 Å². The van der Waals surface area contributed by atoms with Crippen LogP contribution in [0, 0.1) is 0 Å². The van der Waals surface area contributed by atoms with Gasteiger partial charge in [-0.25, -0.2) is 0 Å². The fourth-order valence-electron chi connectivity index (χ4n) is 3.63. The fourth-order valence-corrected chi connectivity index (χ4v) is 3.63. The van der Waals surface area contributed by atoms with Crippen LogP contribution in [0.3, 0.4) is 0 Å². The molecule has 1 fully saturated rings. The molecule has 2 rings (SSSR count). The van der Waals surface area contributed by atoms with Gasteiger partial charge < -0.3 is 20.1 Å². The largest absolute Gasteiger partial charge is 0.497 e. The predicted molar refractivity (Wildman–Crippen MR) is 105 cm³/mol. The Hall–Kier alpha value is -1.92. The molecule has 1 heterocycles. The minimum atomic E-state index is -0.506. The molecule has 1 aromatic carbocycles. The van der Waals surface area contributed by atoms with Crippen molar-refractivity contribution in [2.75, 3.05) is 33.4 Å². The van der Waals surface area contributed by atoms with E-state index in [4.69, 9.17) is 9.47 Å². The summed E-state index contributed by atoms with van der Waals surface area (Å²) in [6.45, 7) is 6.33. The van der Waals surface area contributed by atoms with Gasteiger partial charge in [-0.2, -0.15) is 0 Å². The van der Waals surface area contributed by atoms with E-state index >= 15 is 0 Å². The molecular weight excluding hydrogens is 344 g/mol. The molecule has 0 aromatic heterocycles. The zero-order chi connectivity index (χ0) is 19.7. The standard InChI is InChI=1S/C21H32N2O4/c1-4-6-18(22-5-2)19(24)20(25)23-15-21(11-13-27-14-12-21)16-7-9-17(26-3)10-8-16/h7-10,18,22H,4-6,11-15H2,1-3H3,(H,23,25). The molecule has 1 amide bonds. The smallest absolute Gasteiger partial charge is 0.289 e. The van der Waals surface area contributed by atoms with E-state index in [1.165, 1.54) is 0 Å². The number of carbonyl (C=O) groups excluding carboxylic acids is 2. The van der Waals surface area contributed by atoms with Gasteiger partial charge in [-0.3, -0.25) is 9.59 Å². The Bertz CT molecular complexity index is 603. The minimum absolute atomic E-state index is 0.223. The highest BCUT2D eigenvalue weighted by Crippen LogP contribution is 2.35. The van der Waals surface area contributed by atoms with Crippen LogP contribution in [-0.2, 0) is 19.7 Å². The Morgan fingerprint density at radius 2 is 1.85 bits per heavy atom. The van der Waals surface area contributed by atoms with E-state index in [2.05, 4.69) is 10.6 Å². The first-order valence-corrected chi connectivity index (χ1v) is 9.84. The molecule has 0 bridgehead atoms. The Kier molecular flexibility index (Phi) is 8.25. The van der Waals surface area contributed by atoms with Gasteiger partial charge in [0.1, 0.15) is 5.75 Å². The van der Waals surface area contributed by atoms with Crippen LogP contribution in [-0.4, -0.2) is 51.1 Å². The van der Waals surface area contributed by atoms with Crippen molar-refractivity contribution in [2.24, 2.45) is 0 Å². The Balaban J connectivity index is 2.09. The summed E-state index contributed by atoms with van der Waals surface area (Å²) in [4.78, 5) is 25.0. The highest BCUT2D eigenvalue weighted by Gasteiger charge is 2.36. The summed E-state index contributed by atoms with van der Waals surface area (Å²) in [5.41, 5.74) is 0.912. The molecule has 1 saturated heterocycles. The van der Waals surface area contributed by atoms with E-state index in [0.29, 0.717) is 32.7 Å². The van der Waals surface area contributed by atoms with Crippen LogP contribution in [0.1, 0.15) is 45.1 Å². The number of rotatable bonds is 10. The molecule has 0 radical (unpaired) electrons. The molecule has 2 N–H and O–H groups in total. The first-order chi connectivity index (χ1) is 13.1. The van der Waals surface area contributed by atoms with E-state index in [-0.39, 0.29) is 11.2 Å². The second kappa shape index (κ2) is 10.4. The van der Waals surface area contributed by atoms with E-state index in [1.807, 2.05) is 38.1 Å². The van der Waals surface area contributed by atoms with E-state index in [1.54, 1.807) is 7.11 Å². The van der Waals surface area contributed by atoms with E-state index in [9.17, 15) is 9.59 Å². The molecule has 0 aliphatic carbocycles. The quantitative estimate of drug-likeness (QED) is 0.612. The number of likely N-dealkylation sites (N-methyl/N-ethyl adjacent to an activating group) is 1. The van der Waals surface area contributed by atoms with Crippen LogP contribution >= 0.6 is 0 Å². The molecule has 27 heavy (non-hydrogen) atoms. The Labute approximate surface area is 162 Å². The maximum atomic E-state index is 12.5. The molecule has 6 nitrogen and oxygen atoms in total. The van der Waals surface area contributed by atoms with Crippen molar-refractivity contribution in [3.8, 4) is 5.75 Å². The Morgan fingerprint density at radius 3 is 2.41 bits per heavy atom. The van der Waals surface area contributed by atoms with Crippen LogP contribution in [0.5, 0.6) is 5.75 Å². The number of benzene rings is 1. The lowest BCUT2D eigenvalue weighted by Crippen LogP contribution is -2.50. The molecule has 1 aromatic rings. The maximum absolute atomic E-state index is 12.5. The first-order valence-electron chi connectivity index (χ1n) is 9.84. The minimum Gasteiger partial charge on any atom is -0.497 e. The third kappa shape index (κ3) is 5.53. The molecule has 1 aliphatic heterocycles. The number of ether oxygens (including phenoxy) is 2. The molecule has 0 spiro atoms. The second-order valence-corrected chi connectivity index (χ2v) is 7.07. The highest BCUT2D eigenvalue weighted by atomic mass is 16.5. The van der Waals surface area contributed by atoms with Crippen molar-refractivity contribution < 1.29 is 19.1 Å². The molecule has 1 aliphatic rings. The van der Waals surface area contributed by atoms with Gasteiger partial charge in [-0.05, 0) is 43.5 Å². The number of amides is 1. The van der Waals surface area contributed by atoms with Crippen LogP contribution in [0.25, 0.3) is 0 Å². The summed E-state index contributed by atoms with van der Waals surface area (Å²) in [6.07, 6.45) is 3.13. The van der Waals surface area contributed by atoms with E-state index < -0.39 is 11.9 Å². The third-order valence-corrected chi connectivity index (χ3v) is 5.31. The van der Waals surface area contributed by atoms with Crippen molar-refractivity contribution in [1.82, 2.24) is 10.6 Å². The number of hydrogen-bond donors (Lipinski definition) is 2. The number of ketones is 1. The summed E-state index contributed by atoms with van der Waals surface area (Å²) in [5.74, 6) is -0.0855. The van der Waals surface area contributed by atoms with Gasteiger partial charge in [-0.15, -0.1) is 0 Å². The summed E-state index contributed by atoms with van der Waals surface area (Å²) < 4.78 is 10.8. The van der Waals surface area contributed by atoms with Gasteiger partial charge in [0.2, 0.25) is 5.78 Å². The van der Waals surface area contributed by atoms with Crippen LogP contribution < -0.4 is 15.4 Å². The van der Waals surface area contributed by atoms with Crippen molar-refractivity contribution in [3.05, 3.63) is 29.8 Å². The lowest BCUT2D eigenvalue weighted by atomic mass is 9.74. The molecule has 0 saturated carbocycles. The lowest BCUT2D eigenvalue weighted by Gasteiger charge is -2.38. The van der Waals surface area contributed by atoms with Gasteiger partial charge in [0, 0.05) is 25.2 Å². The van der Waals surface area contributed by atoms with Crippen molar-refractivity contribution >= 4 is 11.7 Å². The number of hydrogen-bond acceptors (Lipinski definition) is 5. The van der Waals surface area contributed by atoms with Crippen LogP contribution in [0.15, 0.2) is 24.3 Å². The molecular formula is C21H32N2O4. The van der Waals surface area contributed by atoms with Crippen LogP contribution in [0.4, 0.5) is 0 Å². The van der Waals surface area contributed by atoms with Gasteiger partial charge in [-0.1, -0.05) is 32.4 Å².